The summed E-state index contributed by atoms with van der Waals surface area (Å²) < 4.78 is 14.1. The zero-order valence-corrected chi connectivity index (χ0v) is 10.8. The van der Waals surface area contributed by atoms with Gasteiger partial charge < -0.3 is 15.7 Å². The Hall–Kier alpha value is -1.13. The maximum absolute atomic E-state index is 14.1. The van der Waals surface area contributed by atoms with Crippen molar-refractivity contribution in [1.29, 1.82) is 0 Å². The zero-order valence-electron chi connectivity index (χ0n) is 10.8. The number of nitrogens with zero attached hydrogens (tertiary/aromatic N) is 1. The lowest BCUT2D eigenvalue weighted by atomic mass is 9.96. The van der Waals surface area contributed by atoms with Gasteiger partial charge in [0.2, 0.25) is 0 Å². The van der Waals surface area contributed by atoms with Gasteiger partial charge in [0.15, 0.2) is 0 Å². The standard InChI is InChI=1S/C14H21FN2O/c1-10(16)12-5-2-6-13(15)14(12)17-7-3-4-11(8-17)9-18/h2,5-6,10-11,18H,3-4,7-9,16H2,1H3. The van der Waals surface area contributed by atoms with Gasteiger partial charge in [-0.2, -0.15) is 0 Å². The SMILES string of the molecule is CC(N)c1cccc(F)c1N1CCCC(CO)C1. The minimum atomic E-state index is -0.219. The fourth-order valence-corrected chi connectivity index (χ4v) is 2.65. The van der Waals surface area contributed by atoms with Crippen LogP contribution < -0.4 is 10.6 Å². The van der Waals surface area contributed by atoms with Crippen LogP contribution in [0.1, 0.15) is 31.4 Å². The Balaban J connectivity index is 2.31. The van der Waals surface area contributed by atoms with Crippen molar-refractivity contribution in [3.63, 3.8) is 0 Å². The number of aliphatic hydroxyl groups excluding tert-OH is 1. The summed E-state index contributed by atoms with van der Waals surface area (Å²) in [5, 5.41) is 9.26. The lowest BCUT2D eigenvalue weighted by molar-refractivity contribution is 0.208. The van der Waals surface area contributed by atoms with E-state index < -0.39 is 0 Å². The van der Waals surface area contributed by atoms with E-state index in [0.29, 0.717) is 12.2 Å². The van der Waals surface area contributed by atoms with E-state index in [1.165, 1.54) is 6.07 Å². The largest absolute Gasteiger partial charge is 0.396 e. The van der Waals surface area contributed by atoms with E-state index in [-0.39, 0.29) is 24.4 Å². The minimum Gasteiger partial charge on any atom is -0.396 e. The lowest BCUT2D eigenvalue weighted by Crippen LogP contribution is -2.38. The Morgan fingerprint density at radius 1 is 1.56 bits per heavy atom. The first kappa shape index (κ1) is 13.3. The average Bonchev–Trinajstić information content (AvgIpc) is 2.38. The molecule has 0 spiro atoms. The molecule has 0 saturated carbocycles. The van der Waals surface area contributed by atoms with Crippen molar-refractivity contribution in [1.82, 2.24) is 0 Å². The summed E-state index contributed by atoms with van der Waals surface area (Å²) >= 11 is 0. The van der Waals surface area contributed by atoms with E-state index in [4.69, 9.17) is 5.73 Å². The predicted molar refractivity (Wildman–Crippen MR) is 71.0 cm³/mol. The van der Waals surface area contributed by atoms with Gasteiger partial charge >= 0.3 is 0 Å². The number of hydrogen-bond acceptors (Lipinski definition) is 3. The predicted octanol–water partition coefficient (Wildman–Crippen LogP) is 2.05. The molecule has 3 nitrogen and oxygen atoms in total. The van der Waals surface area contributed by atoms with Gasteiger partial charge in [-0.3, -0.25) is 0 Å². The average molecular weight is 252 g/mol. The van der Waals surface area contributed by atoms with Crippen molar-refractivity contribution in [2.45, 2.75) is 25.8 Å². The normalized spacial score (nSPS) is 22.0. The number of rotatable bonds is 3. The highest BCUT2D eigenvalue weighted by Gasteiger charge is 2.24. The topological polar surface area (TPSA) is 49.5 Å². The first-order valence-electron chi connectivity index (χ1n) is 6.53. The van der Waals surface area contributed by atoms with Crippen LogP contribution in [0.5, 0.6) is 0 Å². The van der Waals surface area contributed by atoms with Crippen LogP contribution in [0.2, 0.25) is 0 Å². The molecule has 4 heteroatoms. The second kappa shape index (κ2) is 5.67. The molecule has 100 valence electrons. The van der Waals surface area contributed by atoms with Crippen LogP contribution in [0.3, 0.4) is 0 Å². The number of nitrogens with two attached hydrogens (primary N) is 1. The van der Waals surface area contributed by atoms with E-state index in [1.807, 2.05) is 17.9 Å². The summed E-state index contributed by atoms with van der Waals surface area (Å²) in [6.07, 6.45) is 1.99. The molecule has 0 amide bonds. The summed E-state index contributed by atoms with van der Waals surface area (Å²) in [6, 6.07) is 4.87. The molecular weight excluding hydrogens is 231 g/mol. The van der Waals surface area contributed by atoms with Gasteiger partial charge in [0.1, 0.15) is 5.82 Å². The molecule has 1 aliphatic rings. The number of hydrogen-bond donors (Lipinski definition) is 2. The summed E-state index contributed by atoms with van der Waals surface area (Å²) in [7, 11) is 0. The number of aliphatic hydroxyl groups is 1. The number of para-hydroxylation sites is 1. The van der Waals surface area contributed by atoms with Gasteiger partial charge in [0.05, 0.1) is 5.69 Å². The molecule has 1 aliphatic heterocycles. The molecule has 2 unspecified atom stereocenters. The Kier molecular flexibility index (Phi) is 4.19. The highest BCUT2D eigenvalue weighted by Crippen LogP contribution is 2.31. The molecule has 18 heavy (non-hydrogen) atoms. The molecule has 1 heterocycles. The van der Waals surface area contributed by atoms with Crippen LogP contribution in [0.15, 0.2) is 18.2 Å². The number of anilines is 1. The van der Waals surface area contributed by atoms with Gasteiger partial charge in [-0.1, -0.05) is 12.1 Å². The number of piperidine rings is 1. The van der Waals surface area contributed by atoms with Crippen LogP contribution in [-0.2, 0) is 0 Å². The van der Waals surface area contributed by atoms with Crippen LogP contribution in [-0.4, -0.2) is 24.8 Å². The van der Waals surface area contributed by atoms with Crippen LogP contribution in [0.25, 0.3) is 0 Å². The minimum absolute atomic E-state index is 0.165. The fourth-order valence-electron chi connectivity index (χ4n) is 2.65. The number of benzene rings is 1. The maximum Gasteiger partial charge on any atom is 0.146 e. The van der Waals surface area contributed by atoms with Gasteiger partial charge in [0.25, 0.3) is 0 Å². The van der Waals surface area contributed by atoms with Gasteiger partial charge in [-0.05, 0) is 37.3 Å². The van der Waals surface area contributed by atoms with E-state index in [2.05, 4.69) is 0 Å². The summed E-state index contributed by atoms with van der Waals surface area (Å²) in [5.41, 5.74) is 7.37. The second-order valence-electron chi connectivity index (χ2n) is 5.10. The van der Waals surface area contributed by atoms with Crippen LogP contribution in [0.4, 0.5) is 10.1 Å². The quantitative estimate of drug-likeness (QED) is 0.865. The van der Waals surface area contributed by atoms with E-state index >= 15 is 0 Å². The monoisotopic (exact) mass is 252 g/mol. The Morgan fingerprint density at radius 3 is 3.00 bits per heavy atom. The lowest BCUT2D eigenvalue weighted by Gasteiger charge is -2.35. The van der Waals surface area contributed by atoms with Crippen molar-refractivity contribution in [3.8, 4) is 0 Å². The molecule has 3 N–H and O–H groups in total. The van der Waals surface area contributed by atoms with E-state index in [0.717, 1.165) is 24.9 Å². The third kappa shape index (κ3) is 2.65. The Labute approximate surface area is 107 Å². The maximum atomic E-state index is 14.1. The Morgan fingerprint density at radius 2 is 2.33 bits per heavy atom. The molecule has 2 atom stereocenters. The molecule has 0 aromatic heterocycles. The van der Waals surface area contributed by atoms with E-state index in [9.17, 15) is 9.50 Å². The molecule has 1 fully saturated rings. The van der Waals surface area contributed by atoms with Gasteiger partial charge in [-0.25, -0.2) is 4.39 Å². The smallest absolute Gasteiger partial charge is 0.146 e. The molecule has 0 radical (unpaired) electrons. The Bertz CT molecular complexity index is 409. The molecule has 1 saturated heterocycles. The molecule has 0 aliphatic carbocycles. The third-order valence-corrected chi connectivity index (χ3v) is 3.60. The molecule has 0 bridgehead atoms. The highest BCUT2D eigenvalue weighted by molar-refractivity contribution is 5.56. The summed E-state index contributed by atoms with van der Waals surface area (Å²) in [5.74, 6) is 0.0164. The van der Waals surface area contributed by atoms with Crippen molar-refractivity contribution in [2.24, 2.45) is 11.7 Å². The summed E-state index contributed by atoms with van der Waals surface area (Å²) in [6.45, 7) is 3.57. The zero-order chi connectivity index (χ0) is 13.1. The summed E-state index contributed by atoms with van der Waals surface area (Å²) in [4.78, 5) is 2.03. The molecule has 1 aromatic carbocycles. The molecule has 1 aromatic rings. The first-order valence-corrected chi connectivity index (χ1v) is 6.53. The van der Waals surface area contributed by atoms with Crippen molar-refractivity contribution in [3.05, 3.63) is 29.6 Å². The second-order valence-corrected chi connectivity index (χ2v) is 5.10. The van der Waals surface area contributed by atoms with Crippen LogP contribution in [0, 0.1) is 11.7 Å². The van der Waals surface area contributed by atoms with Gasteiger partial charge in [-0.15, -0.1) is 0 Å². The third-order valence-electron chi connectivity index (χ3n) is 3.60. The highest BCUT2D eigenvalue weighted by atomic mass is 19.1. The van der Waals surface area contributed by atoms with Crippen LogP contribution >= 0.6 is 0 Å². The fraction of sp³-hybridized carbons (Fsp3) is 0.571. The van der Waals surface area contributed by atoms with Crippen molar-refractivity contribution < 1.29 is 9.50 Å². The van der Waals surface area contributed by atoms with Crippen molar-refractivity contribution >= 4 is 5.69 Å². The number of halogens is 1. The first-order chi connectivity index (χ1) is 8.63. The molecule has 2 rings (SSSR count). The van der Waals surface area contributed by atoms with Crippen molar-refractivity contribution in [2.75, 3.05) is 24.6 Å². The van der Waals surface area contributed by atoms with E-state index in [1.54, 1.807) is 6.07 Å². The molecular formula is C14H21FN2O. The van der Waals surface area contributed by atoms with Gasteiger partial charge in [0, 0.05) is 25.7 Å².